The molecule has 2 amide bonds. The molecule has 0 fully saturated rings. The summed E-state index contributed by atoms with van der Waals surface area (Å²) in [5.41, 5.74) is 0.766. The summed E-state index contributed by atoms with van der Waals surface area (Å²) in [5.74, 6) is -0.232. The zero-order valence-corrected chi connectivity index (χ0v) is 17.0. The minimum Gasteiger partial charge on any atom is -0.348 e. The van der Waals surface area contributed by atoms with E-state index in [1.165, 1.54) is 6.33 Å². The molecule has 7 heteroatoms. The Kier molecular flexibility index (Phi) is 10.4. The van der Waals surface area contributed by atoms with Crippen molar-refractivity contribution in [3.63, 3.8) is 0 Å². The van der Waals surface area contributed by atoms with Crippen molar-refractivity contribution in [1.82, 2.24) is 20.6 Å². The normalized spacial score (nSPS) is 13.4. The molecule has 1 rings (SSSR count). The number of aromatic nitrogens is 2. The molecule has 7 nitrogen and oxygen atoms in total. The Hall–Kier alpha value is -2.18. The Labute approximate surface area is 162 Å². The van der Waals surface area contributed by atoms with Gasteiger partial charge in [-0.1, -0.05) is 40.5 Å². The molecule has 0 saturated carbocycles. The Morgan fingerprint density at radius 3 is 2.30 bits per heavy atom. The van der Waals surface area contributed by atoms with Gasteiger partial charge < -0.3 is 20.4 Å². The number of hydrogen-bond donors (Lipinski definition) is 3. The van der Waals surface area contributed by atoms with Gasteiger partial charge in [-0.05, 0) is 25.2 Å². The Morgan fingerprint density at radius 2 is 1.81 bits per heavy atom. The third-order valence-corrected chi connectivity index (χ3v) is 4.47. The second kappa shape index (κ2) is 12.3. The van der Waals surface area contributed by atoms with Crippen LogP contribution in [0.15, 0.2) is 12.5 Å². The Morgan fingerprint density at radius 1 is 1.15 bits per heavy atom. The first-order chi connectivity index (χ1) is 12.9. The lowest BCUT2D eigenvalue weighted by molar-refractivity contribution is -0.132. The van der Waals surface area contributed by atoms with Crippen LogP contribution in [-0.4, -0.2) is 40.2 Å². The van der Waals surface area contributed by atoms with Crippen LogP contribution in [0.25, 0.3) is 0 Å². The average molecular weight is 379 g/mol. The van der Waals surface area contributed by atoms with Gasteiger partial charge in [0.15, 0.2) is 0 Å². The molecule has 1 aromatic heterocycles. The third kappa shape index (κ3) is 8.37. The van der Waals surface area contributed by atoms with Crippen LogP contribution in [0.5, 0.6) is 0 Å². The first-order valence-corrected chi connectivity index (χ1v) is 9.94. The van der Waals surface area contributed by atoms with Gasteiger partial charge in [-0.25, -0.2) is 4.98 Å². The first kappa shape index (κ1) is 22.9. The second-order valence-corrected chi connectivity index (χ2v) is 7.50. The average Bonchev–Trinajstić information content (AvgIpc) is 3.12. The zero-order chi connectivity index (χ0) is 20.2. The summed E-state index contributed by atoms with van der Waals surface area (Å²) in [4.78, 5) is 43.6. The molecule has 0 aliphatic heterocycles. The summed E-state index contributed by atoms with van der Waals surface area (Å²) in [5, 5.41) is 5.67. The molecule has 0 aliphatic rings. The highest BCUT2D eigenvalue weighted by atomic mass is 16.2. The molecule has 152 valence electrons. The van der Waals surface area contributed by atoms with Gasteiger partial charge in [-0.3, -0.25) is 9.59 Å². The highest BCUT2D eigenvalue weighted by Gasteiger charge is 2.27. The van der Waals surface area contributed by atoms with E-state index in [0.717, 1.165) is 31.4 Å². The van der Waals surface area contributed by atoms with Crippen LogP contribution in [0.2, 0.25) is 0 Å². The number of nitrogens with one attached hydrogen (secondary N) is 3. The smallest absolute Gasteiger partial charge is 0.243 e. The molecule has 0 unspecified atom stereocenters. The first-order valence-electron chi connectivity index (χ1n) is 9.94. The predicted octanol–water partition coefficient (Wildman–Crippen LogP) is 2.38. The Bertz CT molecular complexity index is 566. The minimum absolute atomic E-state index is 0.0734. The lowest BCUT2D eigenvalue weighted by Gasteiger charge is -2.24. The summed E-state index contributed by atoms with van der Waals surface area (Å²) in [6.45, 7) is 8.12. The molecule has 3 N–H and O–H groups in total. The second-order valence-electron chi connectivity index (χ2n) is 7.50. The van der Waals surface area contributed by atoms with Crippen molar-refractivity contribution in [2.75, 3.05) is 0 Å². The molecular weight excluding hydrogens is 344 g/mol. The summed E-state index contributed by atoms with van der Waals surface area (Å²) in [6.07, 6.45) is 8.21. The molecule has 2 atom stereocenters. The molecule has 0 radical (unpaired) electrons. The van der Waals surface area contributed by atoms with Gasteiger partial charge in [0, 0.05) is 24.2 Å². The number of hydrogen-bond acceptors (Lipinski definition) is 4. The maximum absolute atomic E-state index is 12.7. The van der Waals surface area contributed by atoms with Crippen LogP contribution in [0.3, 0.4) is 0 Å². The standard InChI is InChI=1S/C20H34N4O3/c1-5-7-15(8-6-2)19(26)24-18(9-14(3)4)20(27)23-17(12-25)10-16-11-21-13-22-16/h11-15,17-18H,5-10H2,1-4H3,(H,21,22)(H,23,27)(H,24,26)/t17-,18-/m0/s1. The number of aromatic amines is 1. The maximum atomic E-state index is 12.7. The van der Waals surface area contributed by atoms with Crippen LogP contribution in [0.1, 0.15) is 65.5 Å². The SMILES string of the molecule is CCCC(CCC)C(=O)N[C@@H](CC(C)C)C(=O)N[C@H](C=O)Cc1cnc[nH]1. The molecular formula is C20H34N4O3. The highest BCUT2D eigenvalue weighted by molar-refractivity contribution is 5.89. The van der Waals surface area contributed by atoms with E-state index in [-0.39, 0.29) is 23.7 Å². The van der Waals surface area contributed by atoms with Gasteiger partial charge in [0.25, 0.3) is 0 Å². The topological polar surface area (TPSA) is 104 Å². The lowest BCUT2D eigenvalue weighted by atomic mass is 9.95. The van der Waals surface area contributed by atoms with Gasteiger partial charge in [0.05, 0.1) is 12.4 Å². The molecule has 0 saturated heterocycles. The summed E-state index contributed by atoms with van der Waals surface area (Å²) in [6, 6.07) is -1.30. The molecule has 0 bridgehead atoms. The van der Waals surface area contributed by atoms with E-state index in [4.69, 9.17) is 0 Å². The van der Waals surface area contributed by atoms with E-state index < -0.39 is 12.1 Å². The van der Waals surface area contributed by atoms with Gasteiger partial charge >= 0.3 is 0 Å². The van der Waals surface area contributed by atoms with Gasteiger partial charge in [-0.15, -0.1) is 0 Å². The zero-order valence-electron chi connectivity index (χ0n) is 17.0. The minimum atomic E-state index is -0.661. The van der Waals surface area contributed by atoms with Crippen molar-refractivity contribution in [3.8, 4) is 0 Å². The van der Waals surface area contributed by atoms with Crippen molar-refractivity contribution in [1.29, 1.82) is 0 Å². The van der Waals surface area contributed by atoms with Crippen LogP contribution in [0.4, 0.5) is 0 Å². The lowest BCUT2D eigenvalue weighted by Crippen LogP contribution is -2.52. The number of nitrogens with zero attached hydrogens (tertiary/aromatic N) is 1. The number of carbonyl (C=O) groups excluding carboxylic acids is 3. The fraction of sp³-hybridized carbons (Fsp3) is 0.700. The van der Waals surface area contributed by atoms with Gasteiger partial charge in [0.1, 0.15) is 12.3 Å². The van der Waals surface area contributed by atoms with E-state index in [0.29, 0.717) is 19.1 Å². The van der Waals surface area contributed by atoms with Crippen molar-refractivity contribution in [2.24, 2.45) is 11.8 Å². The van der Waals surface area contributed by atoms with Crippen LogP contribution < -0.4 is 10.6 Å². The predicted molar refractivity (Wildman–Crippen MR) is 105 cm³/mol. The molecule has 27 heavy (non-hydrogen) atoms. The van der Waals surface area contributed by atoms with E-state index in [1.807, 2.05) is 13.8 Å². The van der Waals surface area contributed by atoms with E-state index >= 15 is 0 Å². The number of amides is 2. The largest absolute Gasteiger partial charge is 0.348 e. The summed E-state index contributed by atoms with van der Waals surface area (Å²) in [7, 11) is 0. The number of imidazole rings is 1. The van der Waals surface area contributed by atoms with Gasteiger partial charge in [-0.2, -0.15) is 0 Å². The number of aldehydes is 1. The van der Waals surface area contributed by atoms with Crippen molar-refractivity contribution in [3.05, 3.63) is 18.2 Å². The quantitative estimate of drug-likeness (QED) is 0.458. The van der Waals surface area contributed by atoms with Crippen molar-refractivity contribution < 1.29 is 14.4 Å². The fourth-order valence-electron chi connectivity index (χ4n) is 3.15. The fourth-order valence-corrected chi connectivity index (χ4v) is 3.15. The maximum Gasteiger partial charge on any atom is 0.243 e. The van der Waals surface area contributed by atoms with Crippen molar-refractivity contribution >= 4 is 18.1 Å². The highest BCUT2D eigenvalue weighted by Crippen LogP contribution is 2.15. The number of carbonyl (C=O) groups is 3. The van der Waals surface area contributed by atoms with Gasteiger partial charge in [0.2, 0.25) is 11.8 Å². The van der Waals surface area contributed by atoms with Crippen LogP contribution >= 0.6 is 0 Å². The Balaban J connectivity index is 2.76. The molecule has 0 aliphatic carbocycles. The number of rotatable bonds is 13. The molecule has 1 aromatic rings. The van der Waals surface area contributed by atoms with E-state index in [2.05, 4.69) is 34.4 Å². The van der Waals surface area contributed by atoms with Crippen LogP contribution in [0, 0.1) is 11.8 Å². The van der Waals surface area contributed by atoms with E-state index in [9.17, 15) is 14.4 Å². The third-order valence-electron chi connectivity index (χ3n) is 4.47. The van der Waals surface area contributed by atoms with Crippen LogP contribution in [-0.2, 0) is 20.8 Å². The summed E-state index contributed by atoms with van der Waals surface area (Å²) < 4.78 is 0. The number of H-pyrrole nitrogens is 1. The molecule has 1 heterocycles. The molecule has 0 aromatic carbocycles. The molecule has 0 spiro atoms. The monoisotopic (exact) mass is 378 g/mol. The van der Waals surface area contributed by atoms with E-state index in [1.54, 1.807) is 6.20 Å². The van der Waals surface area contributed by atoms with Crippen molar-refractivity contribution in [2.45, 2.75) is 78.3 Å². The summed E-state index contributed by atoms with van der Waals surface area (Å²) >= 11 is 0.